The molecule has 0 fully saturated rings. The molecule has 3 aromatic rings. The second kappa shape index (κ2) is 9.21. The molecule has 1 amide bonds. The van der Waals surface area contributed by atoms with Crippen molar-refractivity contribution in [3.05, 3.63) is 53.3 Å². The van der Waals surface area contributed by atoms with Crippen molar-refractivity contribution in [2.75, 3.05) is 33.8 Å². The first-order valence-corrected chi connectivity index (χ1v) is 10.9. The van der Waals surface area contributed by atoms with Crippen molar-refractivity contribution < 1.29 is 32.9 Å². The van der Waals surface area contributed by atoms with Crippen LogP contribution in [0.1, 0.15) is 41.9 Å². The normalized spacial score (nSPS) is 13.7. The lowest BCUT2D eigenvalue weighted by molar-refractivity contribution is 0.0991. The fourth-order valence-corrected chi connectivity index (χ4v) is 4.17. The van der Waals surface area contributed by atoms with Crippen molar-refractivity contribution in [3.63, 3.8) is 0 Å². The number of ether oxygens (including phenoxy) is 5. The minimum absolute atomic E-state index is 0.0599. The first kappa shape index (κ1) is 23.4. The Bertz CT molecular complexity index is 1190. The molecular formula is C26H29NO7. The fourth-order valence-electron chi connectivity index (χ4n) is 4.17. The Morgan fingerprint density at radius 2 is 1.56 bits per heavy atom. The summed E-state index contributed by atoms with van der Waals surface area (Å²) in [6.07, 6.45) is 2.07. The number of aryl methyl sites for hydroxylation is 1. The highest BCUT2D eigenvalue weighted by Crippen LogP contribution is 2.45. The summed E-state index contributed by atoms with van der Waals surface area (Å²) in [5.74, 6) is 2.22. The van der Waals surface area contributed by atoms with Gasteiger partial charge in [0.2, 0.25) is 0 Å². The van der Waals surface area contributed by atoms with Gasteiger partial charge in [-0.15, -0.1) is 0 Å². The van der Waals surface area contributed by atoms with Gasteiger partial charge < -0.3 is 33.4 Å². The number of methoxy groups -OCH3 is 4. The van der Waals surface area contributed by atoms with E-state index >= 15 is 0 Å². The first-order chi connectivity index (χ1) is 16.3. The standard InChI is InChI=1S/C26H29NO7/c1-26(2)10-9-15-11-19(30-4)20(14-17(15)26)34-23-8-7-18(33-23)25(28)27-24-21(31-5)12-16(29-3)13-22(24)32-6/h7-8,11-14H,9-10H2,1-6H3,(H,27,28). The molecule has 1 N–H and O–H groups in total. The molecule has 1 aliphatic carbocycles. The Kier molecular flexibility index (Phi) is 6.32. The van der Waals surface area contributed by atoms with Gasteiger partial charge >= 0.3 is 0 Å². The van der Waals surface area contributed by atoms with Gasteiger partial charge in [-0.3, -0.25) is 4.79 Å². The molecule has 8 nitrogen and oxygen atoms in total. The third kappa shape index (κ3) is 4.35. The van der Waals surface area contributed by atoms with Crippen LogP contribution in [0.3, 0.4) is 0 Å². The lowest BCUT2D eigenvalue weighted by atomic mass is 9.86. The monoisotopic (exact) mass is 467 g/mol. The molecule has 34 heavy (non-hydrogen) atoms. The minimum Gasteiger partial charge on any atom is -0.496 e. The average molecular weight is 468 g/mol. The highest BCUT2D eigenvalue weighted by molar-refractivity contribution is 6.04. The van der Waals surface area contributed by atoms with Gasteiger partial charge in [-0.1, -0.05) is 13.8 Å². The van der Waals surface area contributed by atoms with Crippen molar-refractivity contribution >= 4 is 11.6 Å². The third-order valence-electron chi connectivity index (χ3n) is 6.11. The van der Waals surface area contributed by atoms with E-state index < -0.39 is 5.91 Å². The second-order valence-electron chi connectivity index (χ2n) is 8.63. The molecule has 1 aromatic heterocycles. The summed E-state index contributed by atoms with van der Waals surface area (Å²) in [6.45, 7) is 4.43. The van der Waals surface area contributed by atoms with Crippen LogP contribution in [0, 0.1) is 0 Å². The molecule has 0 unspecified atom stereocenters. The summed E-state index contributed by atoms with van der Waals surface area (Å²) >= 11 is 0. The highest BCUT2D eigenvalue weighted by atomic mass is 16.6. The average Bonchev–Trinajstić information content (AvgIpc) is 3.42. The smallest absolute Gasteiger partial charge is 0.291 e. The van der Waals surface area contributed by atoms with Crippen LogP contribution in [0.2, 0.25) is 0 Å². The van der Waals surface area contributed by atoms with Gasteiger partial charge in [0.05, 0.1) is 28.4 Å². The van der Waals surface area contributed by atoms with Crippen LogP contribution < -0.4 is 29.0 Å². The summed E-state index contributed by atoms with van der Waals surface area (Å²) in [6, 6.07) is 10.4. The molecule has 4 rings (SSSR count). The van der Waals surface area contributed by atoms with E-state index in [1.54, 1.807) is 25.3 Å². The van der Waals surface area contributed by atoms with Crippen LogP contribution >= 0.6 is 0 Å². The third-order valence-corrected chi connectivity index (χ3v) is 6.11. The zero-order valence-electron chi connectivity index (χ0n) is 20.2. The number of rotatable bonds is 8. The Morgan fingerprint density at radius 3 is 2.18 bits per heavy atom. The van der Waals surface area contributed by atoms with Crippen molar-refractivity contribution in [2.45, 2.75) is 32.1 Å². The maximum Gasteiger partial charge on any atom is 0.291 e. The van der Waals surface area contributed by atoms with E-state index in [1.165, 1.54) is 38.5 Å². The fraction of sp³-hybridized carbons (Fsp3) is 0.346. The Hall–Kier alpha value is -3.81. The number of carbonyl (C=O) groups excluding carboxylic acids is 1. The maximum absolute atomic E-state index is 12.9. The van der Waals surface area contributed by atoms with Gasteiger partial charge in [0.15, 0.2) is 17.3 Å². The predicted molar refractivity (Wildman–Crippen MR) is 127 cm³/mol. The number of anilines is 1. The van der Waals surface area contributed by atoms with Crippen molar-refractivity contribution in [2.24, 2.45) is 0 Å². The summed E-state index contributed by atoms with van der Waals surface area (Å²) in [4.78, 5) is 12.9. The highest BCUT2D eigenvalue weighted by Gasteiger charge is 2.31. The molecule has 1 heterocycles. The number of furan rings is 1. The van der Waals surface area contributed by atoms with Crippen molar-refractivity contribution in [1.29, 1.82) is 0 Å². The number of hydrogen-bond donors (Lipinski definition) is 1. The molecule has 0 radical (unpaired) electrons. The van der Waals surface area contributed by atoms with E-state index in [0.717, 1.165) is 12.8 Å². The molecule has 8 heteroatoms. The Balaban J connectivity index is 1.57. The molecule has 0 bridgehead atoms. The lowest BCUT2D eigenvalue weighted by Gasteiger charge is -2.20. The zero-order valence-corrected chi connectivity index (χ0v) is 20.2. The Labute approximate surface area is 198 Å². The quantitative estimate of drug-likeness (QED) is 0.462. The lowest BCUT2D eigenvalue weighted by Crippen LogP contribution is -2.13. The van der Waals surface area contributed by atoms with E-state index in [2.05, 4.69) is 19.2 Å². The topological polar surface area (TPSA) is 88.4 Å². The van der Waals surface area contributed by atoms with Crippen LogP contribution in [0.5, 0.6) is 34.7 Å². The molecular weight excluding hydrogens is 438 g/mol. The van der Waals surface area contributed by atoms with Crippen LogP contribution in [0.4, 0.5) is 5.69 Å². The molecule has 2 aromatic carbocycles. The minimum atomic E-state index is -0.487. The van der Waals surface area contributed by atoms with Gasteiger partial charge in [-0.25, -0.2) is 0 Å². The van der Waals surface area contributed by atoms with Gasteiger partial charge in [0.1, 0.15) is 22.9 Å². The van der Waals surface area contributed by atoms with Gasteiger partial charge in [-0.05, 0) is 47.6 Å². The first-order valence-electron chi connectivity index (χ1n) is 10.9. The molecule has 0 spiro atoms. The van der Waals surface area contributed by atoms with Crippen LogP contribution in [-0.4, -0.2) is 34.3 Å². The summed E-state index contributed by atoms with van der Waals surface area (Å²) in [5.41, 5.74) is 2.91. The van der Waals surface area contributed by atoms with E-state index in [-0.39, 0.29) is 17.1 Å². The summed E-state index contributed by atoms with van der Waals surface area (Å²) in [7, 11) is 6.13. The molecule has 1 aliphatic rings. The summed E-state index contributed by atoms with van der Waals surface area (Å²) in [5, 5.41) is 2.77. The van der Waals surface area contributed by atoms with E-state index in [9.17, 15) is 4.79 Å². The van der Waals surface area contributed by atoms with Crippen LogP contribution in [0.25, 0.3) is 0 Å². The molecule has 0 saturated carbocycles. The van der Waals surface area contributed by atoms with E-state index in [0.29, 0.717) is 34.4 Å². The number of amides is 1. The van der Waals surface area contributed by atoms with Gasteiger partial charge in [0.25, 0.3) is 11.9 Å². The second-order valence-corrected chi connectivity index (χ2v) is 8.63. The molecule has 0 aliphatic heterocycles. The largest absolute Gasteiger partial charge is 0.496 e. The number of hydrogen-bond acceptors (Lipinski definition) is 7. The van der Waals surface area contributed by atoms with Gasteiger partial charge in [0, 0.05) is 18.2 Å². The predicted octanol–water partition coefficient (Wildman–Crippen LogP) is 5.58. The number of carbonyl (C=O) groups is 1. The van der Waals surface area contributed by atoms with Crippen LogP contribution in [-0.2, 0) is 11.8 Å². The molecule has 0 atom stereocenters. The van der Waals surface area contributed by atoms with Crippen molar-refractivity contribution in [1.82, 2.24) is 0 Å². The van der Waals surface area contributed by atoms with Crippen LogP contribution in [0.15, 0.2) is 40.8 Å². The maximum atomic E-state index is 12.9. The molecule has 180 valence electrons. The van der Waals surface area contributed by atoms with Crippen molar-refractivity contribution in [3.8, 4) is 34.7 Å². The molecule has 0 saturated heterocycles. The number of benzene rings is 2. The van der Waals surface area contributed by atoms with E-state index in [4.69, 9.17) is 28.1 Å². The Morgan fingerprint density at radius 1 is 0.882 bits per heavy atom. The SMILES string of the molecule is COc1cc(OC)c(NC(=O)c2ccc(Oc3cc4c(cc3OC)CCC4(C)C)o2)c(OC)c1. The zero-order chi connectivity index (χ0) is 24.5. The van der Waals surface area contributed by atoms with E-state index in [1.807, 2.05) is 12.1 Å². The van der Waals surface area contributed by atoms with Gasteiger partial charge in [-0.2, -0.15) is 0 Å². The number of nitrogens with one attached hydrogen (secondary N) is 1. The number of fused-ring (bicyclic) bond motifs is 1. The summed E-state index contributed by atoms with van der Waals surface area (Å²) < 4.78 is 33.2.